The van der Waals surface area contributed by atoms with Gasteiger partial charge in [0, 0.05) is 11.2 Å². The van der Waals surface area contributed by atoms with E-state index >= 15 is 0 Å². The van der Waals surface area contributed by atoms with Crippen molar-refractivity contribution in [2.45, 2.75) is 117 Å². The van der Waals surface area contributed by atoms with Crippen molar-refractivity contribution in [1.29, 1.82) is 0 Å². The lowest BCUT2D eigenvalue weighted by atomic mass is 9.93. The second kappa shape index (κ2) is 20.3. The summed E-state index contributed by atoms with van der Waals surface area (Å²) in [5, 5.41) is 1.12. The molecule has 2 heteroatoms. The van der Waals surface area contributed by atoms with Crippen molar-refractivity contribution in [3.05, 3.63) is 12.3 Å². The molecular formula is C23H45BrO. The maximum Gasteiger partial charge on any atom is 0.0918 e. The summed E-state index contributed by atoms with van der Waals surface area (Å²) in [6.07, 6.45) is 21.2. The van der Waals surface area contributed by atoms with Crippen molar-refractivity contribution >= 4 is 15.9 Å². The van der Waals surface area contributed by atoms with Gasteiger partial charge in [0.1, 0.15) is 0 Å². The highest BCUT2D eigenvalue weighted by molar-refractivity contribution is 9.09. The Balaban J connectivity index is 3.97. The number of hydrogen-bond acceptors (Lipinski definition) is 1. The van der Waals surface area contributed by atoms with Crippen LogP contribution < -0.4 is 0 Å². The lowest BCUT2D eigenvalue weighted by Gasteiger charge is -2.20. The van der Waals surface area contributed by atoms with Crippen molar-refractivity contribution < 1.29 is 4.74 Å². The Morgan fingerprint density at radius 2 is 1.20 bits per heavy atom. The zero-order valence-corrected chi connectivity index (χ0v) is 18.9. The highest BCUT2D eigenvalue weighted by atomic mass is 79.9. The van der Waals surface area contributed by atoms with Gasteiger partial charge in [0.05, 0.1) is 12.4 Å². The van der Waals surface area contributed by atoms with Gasteiger partial charge in [0.2, 0.25) is 0 Å². The number of allylic oxidation sites excluding steroid dienone is 1. The SMILES string of the molecule is C=C(OCCCCCCBr)C(CCCCCC)CCCCCCCC. The number of rotatable bonds is 20. The predicted molar refractivity (Wildman–Crippen MR) is 118 cm³/mol. The summed E-state index contributed by atoms with van der Waals surface area (Å²) >= 11 is 3.49. The quantitative estimate of drug-likeness (QED) is 0.109. The Kier molecular flexibility index (Phi) is 20.3. The molecule has 0 spiro atoms. The van der Waals surface area contributed by atoms with Gasteiger partial charge >= 0.3 is 0 Å². The molecule has 0 aromatic carbocycles. The first-order chi connectivity index (χ1) is 12.3. The molecule has 0 saturated heterocycles. The number of hydrogen-bond donors (Lipinski definition) is 0. The lowest BCUT2D eigenvalue weighted by Crippen LogP contribution is -2.08. The van der Waals surface area contributed by atoms with Crippen LogP contribution >= 0.6 is 15.9 Å². The molecule has 0 amide bonds. The monoisotopic (exact) mass is 416 g/mol. The first kappa shape index (κ1) is 25.0. The molecule has 0 heterocycles. The summed E-state index contributed by atoms with van der Waals surface area (Å²) in [6.45, 7) is 9.72. The predicted octanol–water partition coefficient (Wildman–Crippen LogP) is 8.81. The lowest BCUT2D eigenvalue weighted by molar-refractivity contribution is 0.164. The molecule has 0 rings (SSSR count). The normalized spacial score (nSPS) is 12.3. The van der Waals surface area contributed by atoms with Crippen LogP contribution in [0.5, 0.6) is 0 Å². The maximum atomic E-state index is 6.03. The molecule has 1 unspecified atom stereocenters. The Bertz CT molecular complexity index is 277. The van der Waals surface area contributed by atoms with Gasteiger partial charge in [-0.2, -0.15) is 0 Å². The standard InChI is InChI=1S/C23H45BrO/c1-4-6-8-10-11-15-19-23(18-14-9-7-5-2)22(3)25-21-17-13-12-16-20-24/h23H,3-21H2,1-2H3. The van der Waals surface area contributed by atoms with Crippen LogP contribution in [-0.4, -0.2) is 11.9 Å². The second-order valence-electron chi connectivity index (χ2n) is 7.52. The summed E-state index contributed by atoms with van der Waals surface area (Å²) in [5.74, 6) is 1.66. The van der Waals surface area contributed by atoms with Gasteiger partial charge in [0.15, 0.2) is 0 Å². The molecule has 0 N–H and O–H groups in total. The van der Waals surface area contributed by atoms with E-state index in [-0.39, 0.29) is 0 Å². The zero-order chi connectivity index (χ0) is 18.6. The van der Waals surface area contributed by atoms with Crippen LogP contribution in [0.25, 0.3) is 0 Å². The highest BCUT2D eigenvalue weighted by Gasteiger charge is 2.13. The van der Waals surface area contributed by atoms with Crippen molar-refractivity contribution in [2.24, 2.45) is 5.92 Å². The molecule has 1 atom stereocenters. The molecule has 150 valence electrons. The first-order valence-electron chi connectivity index (χ1n) is 11.1. The van der Waals surface area contributed by atoms with E-state index in [0.717, 1.165) is 17.7 Å². The van der Waals surface area contributed by atoms with Gasteiger partial charge in [-0.05, 0) is 25.7 Å². The minimum absolute atomic E-state index is 0.588. The minimum Gasteiger partial charge on any atom is -0.498 e. The van der Waals surface area contributed by atoms with Gasteiger partial charge in [-0.15, -0.1) is 0 Å². The third kappa shape index (κ3) is 17.2. The van der Waals surface area contributed by atoms with Gasteiger partial charge in [-0.3, -0.25) is 0 Å². The average Bonchev–Trinajstić information content (AvgIpc) is 2.62. The average molecular weight is 418 g/mol. The molecular weight excluding hydrogens is 372 g/mol. The van der Waals surface area contributed by atoms with E-state index < -0.39 is 0 Å². The summed E-state index contributed by atoms with van der Waals surface area (Å²) in [7, 11) is 0. The van der Waals surface area contributed by atoms with Crippen LogP contribution in [0.15, 0.2) is 12.3 Å². The third-order valence-electron chi connectivity index (χ3n) is 5.08. The molecule has 0 aliphatic carbocycles. The fourth-order valence-electron chi connectivity index (χ4n) is 3.33. The van der Waals surface area contributed by atoms with Crippen LogP contribution in [-0.2, 0) is 4.74 Å². The second-order valence-corrected chi connectivity index (χ2v) is 8.31. The molecule has 25 heavy (non-hydrogen) atoms. The zero-order valence-electron chi connectivity index (χ0n) is 17.3. The van der Waals surface area contributed by atoms with Crippen LogP contribution in [0.1, 0.15) is 117 Å². The van der Waals surface area contributed by atoms with Crippen LogP contribution in [0, 0.1) is 5.92 Å². The topological polar surface area (TPSA) is 9.23 Å². The largest absolute Gasteiger partial charge is 0.498 e. The molecule has 0 aliphatic rings. The van der Waals surface area contributed by atoms with Crippen LogP contribution in [0.4, 0.5) is 0 Å². The number of ether oxygens (including phenoxy) is 1. The Morgan fingerprint density at radius 3 is 1.80 bits per heavy atom. The highest BCUT2D eigenvalue weighted by Crippen LogP contribution is 2.25. The van der Waals surface area contributed by atoms with Crippen molar-refractivity contribution in [3.63, 3.8) is 0 Å². The van der Waals surface area contributed by atoms with E-state index in [1.807, 2.05) is 0 Å². The Labute approximate surface area is 167 Å². The number of alkyl halides is 1. The molecule has 0 aromatic heterocycles. The molecule has 0 radical (unpaired) electrons. The van der Waals surface area contributed by atoms with Gasteiger partial charge in [-0.1, -0.05) is 113 Å². The minimum atomic E-state index is 0.588. The van der Waals surface area contributed by atoms with E-state index in [1.165, 1.54) is 103 Å². The molecule has 0 aromatic rings. The summed E-state index contributed by atoms with van der Waals surface area (Å²) in [4.78, 5) is 0. The van der Waals surface area contributed by atoms with E-state index in [1.54, 1.807) is 0 Å². The third-order valence-corrected chi connectivity index (χ3v) is 5.64. The van der Waals surface area contributed by atoms with E-state index in [4.69, 9.17) is 4.74 Å². The molecule has 0 fully saturated rings. The van der Waals surface area contributed by atoms with Crippen molar-refractivity contribution in [1.82, 2.24) is 0 Å². The molecule has 0 bridgehead atoms. The molecule has 1 nitrogen and oxygen atoms in total. The summed E-state index contributed by atoms with van der Waals surface area (Å²) in [5.41, 5.74) is 0. The number of halogens is 1. The van der Waals surface area contributed by atoms with E-state index in [9.17, 15) is 0 Å². The fraction of sp³-hybridized carbons (Fsp3) is 0.913. The van der Waals surface area contributed by atoms with Crippen LogP contribution in [0.2, 0.25) is 0 Å². The van der Waals surface area contributed by atoms with Crippen molar-refractivity contribution in [3.8, 4) is 0 Å². The van der Waals surface area contributed by atoms with Gasteiger partial charge in [-0.25, -0.2) is 0 Å². The summed E-state index contributed by atoms with van der Waals surface area (Å²) < 4.78 is 6.03. The Morgan fingerprint density at radius 1 is 0.720 bits per heavy atom. The van der Waals surface area contributed by atoms with E-state index in [2.05, 4.69) is 36.4 Å². The van der Waals surface area contributed by atoms with Crippen LogP contribution in [0.3, 0.4) is 0 Å². The van der Waals surface area contributed by atoms with Gasteiger partial charge < -0.3 is 4.74 Å². The molecule has 0 saturated carbocycles. The van der Waals surface area contributed by atoms with Gasteiger partial charge in [0.25, 0.3) is 0 Å². The summed E-state index contributed by atoms with van der Waals surface area (Å²) in [6, 6.07) is 0. The fourth-order valence-corrected chi connectivity index (χ4v) is 3.72. The Hall–Kier alpha value is 0.0200. The first-order valence-corrected chi connectivity index (χ1v) is 12.3. The number of unbranched alkanes of at least 4 members (excludes halogenated alkanes) is 11. The smallest absolute Gasteiger partial charge is 0.0918 e. The van der Waals surface area contributed by atoms with E-state index in [0.29, 0.717) is 5.92 Å². The van der Waals surface area contributed by atoms with Crippen molar-refractivity contribution in [2.75, 3.05) is 11.9 Å². The molecule has 0 aliphatic heterocycles. The maximum absolute atomic E-state index is 6.03.